The molecular formula is C13H16N2. The number of nitrogens with one attached hydrogen (secondary N) is 1. The molecule has 0 radical (unpaired) electrons. The second-order valence-electron chi connectivity index (χ2n) is 3.78. The van der Waals surface area contributed by atoms with E-state index in [0.717, 1.165) is 11.9 Å². The summed E-state index contributed by atoms with van der Waals surface area (Å²) < 4.78 is 0. The van der Waals surface area contributed by atoms with Crippen molar-refractivity contribution in [2.75, 3.05) is 12.4 Å². The molecule has 1 aromatic heterocycles. The summed E-state index contributed by atoms with van der Waals surface area (Å²) in [5.74, 6) is 0. The number of anilines is 1. The Morgan fingerprint density at radius 2 is 2.13 bits per heavy atom. The standard InChI is InChI=1S/C13H16N2/c1-4-10-8-15-12-6-5-9(2)7-11(12)13(10)14-3/h5-8H,4H2,1-3H3,(H,14,15). The van der Waals surface area contributed by atoms with E-state index in [1.165, 1.54) is 22.2 Å². The van der Waals surface area contributed by atoms with Gasteiger partial charge >= 0.3 is 0 Å². The SMILES string of the molecule is CCc1cnc2ccc(C)cc2c1NC. The van der Waals surface area contributed by atoms with Crippen molar-refractivity contribution >= 4 is 16.6 Å². The van der Waals surface area contributed by atoms with Crippen LogP contribution in [-0.4, -0.2) is 12.0 Å². The van der Waals surface area contributed by atoms with E-state index in [2.05, 4.69) is 42.3 Å². The molecule has 15 heavy (non-hydrogen) atoms. The average molecular weight is 200 g/mol. The van der Waals surface area contributed by atoms with Gasteiger partial charge < -0.3 is 5.32 Å². The molecule has 0 spiro atoms. The number of nitrogens with zero attached hydrogens (tertiary/aromatic N) is 1. The normalized spacial score (nSPS) is 10.6. The van der Waals surface area contributed by atoms with Gasteiger partial charge in [-0.2, -0.15) is 0 Å². The summed E-state index contributed by atoms with van der Waals surface area (Å²) in [4.78, 5) is 4.46. The lowest BCUT2D eigenvalue weighted by molar-refractivity contribution is 1.12. The van der Waals surface area contributed by atoms with Gasteiger partial charge in [0, 0.05) is 24.3 Å². The molecular weight excluding hydrogens is 184 g/mol. The summed E-state index contributed by atoms with van der Waals surface area (Å²) in [6.45, 7) is 4.26. The predicted octanol–water partition coefficient (Wildman–Crippen LogP) is 3.15. The van der Waals surface area contributed by atoms with Crippen molar-refractivity contribution < 1.29 is 0 Å². The Morgan fingerprint density at radius 1 is 1.33 bits per heavy atom. The van der Waals surface area contributed by atoms with E-state index in [9.17, 15) is 0 Å². The van der Waals surface area contributed by atoms with Gasteiger partial charge in [-0.3, -0.25) is 4.98 Å². The van der Waals surface area contributed by atoms with Crippen molar-refractivity contribution in [3.05, 3.63) is 35.5 Å². The van der Waals surface area contributed by atoms with Crippen molar-refractivity contribution in [3.63, 3.8) is 0 Å². The fourth-order valence-corrected chi connectivity index (χ4v) is 1.91. The molecule has 0 unspecified atom stereocenters. The predicted molar refractivity (Wildman–Crippen MR) is 65.4 cm³/mol. The van der Waals surface area contributed by atoms with E-state index >= 15 is 0 Å². The second kappa shape index (κ2) is 3.89. The highest BCUT2D eigenvalue weighted by Gasteiger charge is 2.05. The number of rotatable bonds is 2. The number of benzene rings is 1. The van der Waals surface area contributed by atoms with Crippen molar-refractivity contribution in [3.8, 4) is 0 Å². The number of fused-ring (bicyclic) bond motifs is 1. The number of hydrogen-bond donors (Lipinski definition) is 1. The quantitative estimate of drug-likeness (QED) is 0.805. The van der Waals surface area contributed by atoms with Crippen molar-refractivity contribution in [2.24, 2.45) is 0 Å². The third-order valence-electron chi connectivity index (χ3n) is 2.73. The molecule has 2 rings (SSSR count). The van der Waals surface area contributed by atoms with Crippen LogP contribution < -0.4 is 5.32 Å². The van der Waals surface area contributed by atoms with E-state index in [1.807, 2.05) is 13.2 Å². The van der Waals surface area contributed by atoms with Crippen LogP contribution in [0.3, 0.4) is 0 Å². The molecule has 2 nitrogen and oxygen atoms in total. The van der Waals surface area contributed by atoms with Crippen molar-refractivity contribution in [1.29, 1.82) is 0 Å². The minimum Gasteiger partial charge on any atom is -0.387 e. The summed E-state index contributed by atoms with van der Waals surface area (Å²) in [5, 5.41) is 4.50. The highest BCUT2D eigenvalue weighted by molar-refractivity contribution is 5.93. The fourth-order valence-electron chi connectivity index (χ4n) is 1.91. The Hall–Kier alpha value is -1.57. The van der Waals surface area contributed by atoms with E-state index in [-0.39, 0.29) is 0 Å². The third kappa shape index (κ3) is 1.67. The van der Waals surface area contributed by atoms with Gasteiger partial charge in [-0.1, -0.05) is 18.6 Å². The van der Waals surface area contributed by atoms with E-state index in [4.69, 9.17) is 0 Å². The summed E-state index contributed by atoms with van der Waals surface area (Å²) in [6, 6.07) is 6.36. The fraction of sp³-hybridized carbons (Fsp3) is 0.308. The summed E-state index contributed by atoms with van der Waals surface area (Å²) in [7, 11) is 1.97. The maximum absolute atomic E-state index is 4.46. The van der Waals surface area contributed by atoms with Crippen LogP contribution in [0.5, 0.6) is 0 Å². The monoisotopic (exact) mass is 200 g/mol. The summed E-state index contributed by atoms with van der Waals surface area (Å²) in [6.07, 6.45) is 2.97. The highest BCUT2D eigenvalue weighted by atomic mass is 14.8. The van der Waals surface area contributed by atoms with E-state index in [0.29, 0.717) is 0 Å². The van der Waals surface area contributed by atoms with Gasteiger partial charge in [-0.15, -0.1) is 0 Å². The molecule has 1 N–H and O–H groups in total. The topological polar surface area (TPSA) is 24.9 Å². The third-order valence-corrected chi connectivity index (χ3v) is 2.73. The average Bonchev–Trinajstić information content (AvgIpc) is 2.27. The molecule has 0 fully saturated rings. The Labute approximate surface area is 90.3 Å². The van der Waals surface area contributed by atoms with Crippen LogP contribution in [0.1, 0.15) is 18.1 Å². The molecule has 0 saturated carbocycles. The van der Waals surface area contributed by atoms with Crippen LogP contribution in [0, 0.1) is 6.92 Å². The molecule has 0 bridgehead atoms. The Bertz CT molecular complexity index is 489. The zero-order valence-electron chi connectivity index (χ0n) is 9.46. The lowest BCUT2D eigenvalue weighted by Crippen LogP contribution is -1.97. The maximum atomic E-state index is 4.46. The highest BCUT2D eigenvalue weighted by Crippen LogP contribution is 2.26. The number of aromatic nitrogens is 1. The maximum Gasteiger partial charge on any atom is 0.0723 e. The molecule has 0 aliphatic heterocycles. The molecule has 0 saturated heterocycles. The van der Waals surface area contributed by atoms with Crippen molar-refractivity contribution in [2.45, 2.75) is 20.3 Å². The van der Waals surface area contributed by atoms with E-state index < -0.39 is 0 Å². The molecule has 2 aromatic rings. The minimum atomic E-state index is 1.01. The van der Waals surface area contributed by atoms with Gasteiger partial charge in [0.2, 0.25) is 0 Å². The van der Waals surface area contributed by atoms with Crippen LogP contribution in [0.4, 0.5) is 5.69 Å². The Morgan fingerprint density at radius 3 is 2.80 bits per heavy atom. The molecule has 1 heterocycles. The van der Waals surface area contributed by atoms with Gasteiger partial charge in [0.25, 0.3) is 0 Å². The Balaban J connectivity index is 2.79. The lowest BCUT2D eigenvalue weighted by atomic mass is 10.1. The summed E-state index contributed by atoms with van der Waals surface area (Å²) in [5.41, 5.74) is 4.82. The first-order chi connectivity index (χ1) is 7.26. The van der Waals surface area contributed by atoms with Crippen molar-refractivity contribution in [1.82, 2.24) is 4.98 Å². The molecule has 2 heteroatoms. The van der Waals surface area contributed by atoms with Crippen LogP contribution in [0.15, 0.2) is 24.4 Å². The number of hydrogen-bond acceptors (Lipinski definition) is 2. The molecule has 1 aromatic carbocycles. The molecule has 0 atom stereocenters. The van der Waals surface area contributed by atoms with Crippen LogP contribution >= 0.6 is 0 Å². The largest absolute Gasteiger partial charge is 0.387 e. The number of pyridine rings is 1. The molecule has 0 aliphatic carbocycles. The lowest BCUT2D eigenvalue weighted by Gasteiger charge is -2.11. The Kier molecular flexibility index (Phi) is 2.58. The summed E-state index contributed by atoms with van der Waals surface area (Å²) >= 11 is 0. The van der Waals surface area contributed by atoms with E-state index in [1.54, 1.807) is 0 Å². The first kappa shape index (κ1) is 9.97. The smallest absolute Gasteiger partial charge is 0.0723 e. The molecule has 0 aliphatic rings. The van der Waals surface area contributed by atoms with Gasteiger partial charge in [-0.05, 0) is 31.0 Å². The van der Waals surface area contributed by atoms with Crippen LogP contribution in [-0.2, 0) is 6.42 Å². The first-order valence-electron chi connectivity index (χ1n) is 5.32. The first-order valence-corrected chi connectivity index (χ1v) is 5.32. The van der Waals surface area contributed by atoms with Gasteiger partial charge in [0.15, 0.2) is 0 Å². The molecule has 78 valence electrons. The second-order valence-corrected chi connectivity index (χ2v) is 3.78. The van der Waals surface area contributed by atoms with Crippen LogP contribution in [0.25, 0.3) is 10.9 Å². The molecule has 0 amide bonds. The van der Waals surface area contributed by atoms with Gasteiger partial charge in [0.1, 0.15) is 0 Å². The number of aryl methyl sites for hydroxylation is 2. The zero-order chi connectivity index (χ0) is 10.8. The minimum absolute atomic E-state index is 1.01. The zero-order valence-corrected chi connectivity index (χ0v) is 9.46. The van der Waals surface area contributed by atoms with Gasteiger partial charge in [0.05, 0.1) is 5.52 Å². The van der Waals surface area contributed by atoms with Gasteiger partial charge in [-0.25, -0.2) is 0 Å². The van der Waals surface area contributed by atoms with Crippen LogP contribution in [0.2, 0.25) is 0 Å².